The molecule has 4 heteroatoms. The average molecular weight is 290 g/mol. The number of hydrogen-bond donors (Lipinski definition) is 1. The van der Waals surface area contributed by atoms with E-state index in [1.165, 1.54) is 12.1 Å². The van der Waals surface area contributed by atoms with E-state index in [9.17, 15) is 8.78 Å². The van der Waals surface area contributed by atoms with Crippen LogP contribution in [0.15, 0.2) is 36.4 Å². The van der Waals surface area contributed by atoms with Crippen LogP contribution in [-0.4, -0.2) is 13.6 Å². The molecular formula is C17H20F2N2. The highest BCUT2D eigenvalue weighted by molar-refractivity contribution is 5.66. The third-order valence-corrected chi connectivity index (χ3v) is 3.47. The molecule has 0 fully saturated rings. The van der Waals surface area contributed by atoms with Crippen LogP contribution >= 0.6 is 0 Å². The average Bonchev–Trinajstić information content (AvgIpc) is 2.44. The zero-order valence-corrected chi connectivity index (χ0v) is 12.6. The predicted molar refractivity (Wildman–Crippen MR) is 83.0 cm³/mol. The zero-order chi connectivity index (χ0) is 15.4. The Balaban J connectivity index is 2.38. The highest BCUT2D eigenvalue weighted by atomic mass is 19.1. The lowest BCUT2D eigenvalue weighted by Crippen LogP contribution is -2.16. The van der Waals surface area contributed by atoms with Crippen molar-refractivity contribution >= 4 is 11.4 Å². The number of nitrogens with zero attached hydrogens (tertiary/aromatic N) is 1. The molecule has 2 aromatic rings. The second-order valence-electron chi connectivity index (χ2n) is 5.03. The van der Waals surface area contributed by atoms with E-state index in [0.29, 0.717) is 12.1 Å². The smallest absolute Gasteiger partial charge is 0.150 e. The standard InChI is InChI=1S/C17H20F2N2/c1-4-20-11-13-9-14(18)17(15(19)10-13)21(3)16-8-6-5-7-12(16)2/h5-10,20H,4,11H2,1-3H3. The second kappa shape index (κ2) is 6.68. The molecule has 0 spiro atoms. The summed E-state index contributed by atoms with van der Waals surface area (Å²) in [6.45, 7) is 5.08. The summed E-state index contributed by atoms with van der Waals surface area (Å²) in [5.41, 5.74) is 2.34. The minimum Gasteiger partial charge on any atom is -0.340 e. The molecule has 0 aliphatic carbocycles. The maximum atomic E-state index is 14.3. The molecule has 0 aliphatic heterocycles. The molecule has 1 N–H and O–H groups in total. The first-order valence-corrected chi connectivity index (χ1v) is 7.02. The molecule has 0 aliphatic rings. The minimum absolute atomic E-state index is 0.0236. The quantitative estimate of drug-likeness (QED) is 0.890. The number of rotatable bonds is 5. The summed E-state index contributed by atoms with van der Waals surface area (Å²) in [5, 5.41) is 3.06. The summed E-state index contributed by atoms with van der Waals surface area (Å²) in [7, 11) is 1.67. The molecule has 0 saturated heterocycles. The molecule has 112 valence electrons. The van der Waals surface area contributed by atoms with Crippen LogP contribution in [-0.2, 0) is 6.54 Å². The first kappa shape index (κ1) is 15.4. The van der Waals surface area contributed by atoms with Crippen molar-refractivity contribution in [1.82, 2.24) is 5.32 Å². The van der Waals surface area contributed by atoms with Crippen molar-refractivity contribution in [3.05, 3.63) is 59.2 Å². The van der Waals surface area contributed by atoms with Gasteiger partial charge in [-0.05, 0) is 42.8 Å². The van der Waals surface area contributed by atoms with Gasteiger partial charge in [-0.25, -0.2) is 8.78 Å². The topological polar surface area (TPSA) is 15.3 Å². The van der Waals surface area contributed by atoms with E-state index in [-0.39, 0.29) is 5.69 Å². The minimum atomic E-state index is -0.548. The van der Waals surface area contributed by atoms with E-state index in [1.807, 2.05) is 38.1 Å². The molecule has 0 atom stereocenters. The Morgan fingerprint density at radius 3 is 2.29 bits per heavy atom. The molecule has 21 heavy (non-hydrogen) atoms. The molecule has 2 aromatic carbocycles. The number of anilines is 2. The van der Waals surface area contributed by atoms with Crippen molar-refractivity contribution in [2.75, 3.05) is 18.5 Å². The molecule has 2 rings (SSSR count). The molecule has 0 radical (unpaired) electrons. The van der Waals surface area contributed by atoms with Gasteiger partial charge < -0.3 is 10.2 Å². The largest absolute Gasteiger partial charge is 0.340 e. The fourth-order valence-electron chi connectivity index (χ4n) is 2.37. The van der Waals surface area contributed by atoms with E-state index in [0.717, 1.165) is 17.8 Å². The molecule has 0 amide bonds. The molecule has 0 bridgehead atoms. The lowest BCUT2D eigenvalue weighted by atomic mass is 10.1. The number of aryl methyl sites for hydroxylation is 1. The summed E-state index contributed by atoms with van der Waals surface area (Å²) >= 11 is 0. The fraction of sp³-hybridized carbons (Fsp3) is 0.294. The van der Waals surface area contributed by atoms with Gasteiger partial charge in [0.05, 0.1) is 0 Å². The van der Waals surface area contributed by atoms with E-state index in [1.54, 1.807) is 11.9 Å². The number of halogens is 2. The van der Waals surface area contributed by atoms with Gasteiger partial charge in [0.2, 0.25) is 0 Å². The maximum Gasteiger partial charge on any atom is 0.150 e. The van der Waals surface area contributed by atoms with E-state index in [4.69, 9.17) is 0 Å². The van der Waals surface area contributed by atoms with Crippen LogP contribution in [0.4, 0.5) is 20.2 Å². The Morgan fingerprint density at radius 2 is 1.71 bits per heavy atom. The van der Waals surface area contributed by atoms with Gasteiger partial charge in [-0.2, -0.15) is 0 Å². The van der Waals surface area contributed by atoms with E-state index < -0.39 is 11.6 Å². The van der Waals surface area contributed by atoms with Crippen molar-refractivity contribution in [3.8, 4) is 0 Å². The predicted octanol–water partition coefficient (Wildman–Crippen LogP) is 4.15. The van der Waals surface area contributed by atoms with Crippen molar-refractivity contribution in [2.45, 2.75) is 20.4 Å². The first-order valence-electron chi connectivity index (χ1n) is 7.02. The van der Waals surface area contributed by atoms with Gasteiger partial charge in [0, 0.05) is 19.3 Å². The van der Waals surface area contributed by atoms with Gasteiger partial charge in [-0.15, -0.1) is 0 Å². The van der Waals surface area contributed by atoms with Crippen LogP contribution in [0.1, 0.15) is 18.1 Å². The Kier molecular flexibility index (Phi) is 4.91. The van der Waals surface area contributed by atoms with Gasteiger partial charge in [0.15, 0.2) is 0 Å². The van der Waals surface area contributed by atoms with Gasteiger partial charge in [0.1, 0.15) is 17.3 Å². The lowest BCUT2D eigenvalue weighted by molar-refractivity contribution is 0.577. The van der Waals surface area contributed by atoms with Gasteiger partial charge in [-0.3, -0.25) is 0 Å². The summed E-state index contributed by atoms with van der Waals surface area (Å²) in [6.07, 6.45) is 0. The lowest BCUT2D eigenvalue weighted by Gasteiger charge is -2.23. The SMILES string of the molecule is CCNCc1cc(F)c(N(C)c2ccccc2C)c(F)c1. The Labute approximate surface area is 124 Å². The Hall–Kier alpha value is -1.94. The molecule has 2 nitrogen and oxygen atoms in total. The summed E-state index contributed by atoms with van der Waals surface area (Å²) < 4.78 is 28.6. The van der Waals surface area contributed by atoms with Crippen LogP contribution in [0, 0.1) is 18.6 Å². The van der Waals surface area contributed by atoms with Crippen LogP contribution in [0.25, 0.3) is 0 Å². The highest BCUT2D eigenvalue weighted by Crippen LogP contribution is 2.31. The van der Waals surface area contributed by atoms with Gasteiger partial charge >= 0.3 is 0 Å². The third-order valence-electron chi connectivity index (χ3n) is 3.47. The number of nitrogens with one attached hydrogen (secondary N) is 1. The molecule has 0 saturated carbocycles. The third kappa shape index (κ3) is 3.39. The number of benzene rings is 2. The van der Waals surface area contributed by atoms with Crippen molar-refractivity contribution in [3.63, 3.8) is 0 Å². The maximum absolute atomic E-state index is 14.3. The highest BCUT2D eigenvalue weighted by Gasteiger charge is 2.17. The van der Waals surface area contributed by atoms with Crippen LogP contribution in [0.5, 0.6) is 0 Å². The van der Waals surface area contributed by atoms with Gasteiger partial charge in [0.25, 0.3) is 0 Å². The van der Waals surface area contributed by atoms with E-state index in [2.05, 4.69) is 5.32 Å². The molecular weight excluding hydrogens is 270 g/mol. The summed E-state index contributed by atoms with van der Waals surface area (Å²) in [6, 6.07) is 10.3. The number of para-hydroxylation sites is 1. The Bertz CT molecular complexity index is 603. The normalized spacial score (nSPS) is 10.7. The summed E-state index contributed by atoms with van der Waals surface area (Å²) in [5.74, 6) is -1.10. The zero-order valence-electron chi connectivity index (χ0n) is 12.6. The van der Waals surface area contributed by atoms with Crippen molar-refractivity contribution in [2.24, 2.45) is 0 Å². The molecule has 0 unspecified atom stereocenters. The van der Waals surface area contributed by atoms with Crippen LogP contribution < -0.4 is 10.2 Å². The first-order chi connectivity index (χ1) is 10.0. The molecule has 0 heterocycles. The number of hydrogen-bond acceptors (Lipinski definition) is 2. The van der Waals surface area contributed by atoms with E-state index >= 15 is 0 Å². The molecule has 0 aromatic heterocycles. The van der Waals surface area contributed by atoms with Crippen LogP contribution in [0.3, 0.4) is 0 Å². The second-order valence-corrected chi connectivity index (χ2v) is 5.03. The Morgan fingerprint density at radius 1 is 1.10 bits per heavy atom. The van der Waals surface area contributed by atoms with Crippen molar-refractivity contribution < 1.29 is 8.78 Å². The van der Waals surface area contributed by atoms with Crippen molar-refractivity contribution in [1.29, 1.82) is 0 Å². The fourth-order valence-corrected chi connectivity index (χ4v) is 2.37. The van der Waals surface area contributed by atoms with Crippen LogP contribution in [0.2, 0.25) is 0 Å². The summed E-state index contributed by atoms with van der Waals surface area (Å²) in [4.78, 5) is 1.55. The van der Waals surface area contributed by atoms with Gasteiger partial charge in [-0.1, -0.05) is 25.1 Å². The monoisotopic (exact) mass is 290 g/mol.